The lowest BCUT2D eigenvalue weighted by Gasteiger charge is -2.19. The Morgan fingerprint density at radius 3 is 2.42 bits per heavy atom. The summed E-state index contributed by atoms with van der Waals surface area (Å²) >= 11 is 0. The van der Waals surface area contributed by atoms with E-state index in [4.69, 9.17) is 9.47 Å². The van der Waals surface area contributed by atoms with Crippen molar-refractivity contribution in [3.8, 4) is 0 Å². The molecule has 33 heavy (non-hydrogen) atoms. The van der Waals surface area contributed by atoms with Gasteiger partial charge in [-0.05, 0) is 24.3 Å². The molecule has 1 fully saturated rings. The van der Waals surface area contributed by atoms with Crippen molar-refractivity contribution in [2.45, 2.75) is 18.4 Å². The average Bonchev–Trinajstić information content (AvgIpc) is 3.44. The molecule has 2 aromatic carbocycles. The number of esters is 1. The molecule has 3 heterocycles. The third-order valence-corrected chi connectivity index (χ3v) is 5.27. The minimum absolute atomic E-state index is 0.00671. The van der Waals surface area contributed by atoms with E-state index in [0.29, 0.717) is 22.3 Å². The molecule has 0 radical (unpaired) electrons. The fourth-order valence-corrected chi connectivity index (χ4v) is 3.60. The van der Waals surface area contributed by atoms with Gasteiger partial charge in [-0.25, -0.2) is 19.7 Å². The Kier molecular flexibility index (Phi) is 5.51. The van der Waals surface area contributed by atoms with Crippen molar-refractivity contribution in [1.29, 1.82) is 0 Å². The number of aromatic nitrogens is 4. The highest BCUT2D eigenvalue weighted by atomic mass is 16.6. The maximum atomic E-state index is 12.5. The predicted octanol–water partition coefficient (Wildman–Crippen LogP) is 2.19. The van der Waals surface area contributed by atoms with Gasteiger partial charge in [0.15, 0.2) is 29.3 Å². The third kappa shape index (κ3) is 4.04. The second-order valence-corrected chi connectivity index (χ2v) is 7.39. The number of ether oxygens (including phenoxy) is 2. The molecule has 1 amide bonds. The number of anilines is 1. The monoisotopic (exact) mass is 445 g/mol. The first-order valence-electron chi connectivity index (χ1n) is 10.2. The zero-order valence-corrected chi connectivity index (χ0v) is 17.2. The van der Waals surface area contributed by atoms with E-state index in [1.165, 1.54) is 17.2 Å². The average molecular weight is 445 g/mol. The summed E-state index contributed by atoms with van der Waals surface area (Å²) < 4.78 is 12.7. The number of aliphatic hydroxyl groups is 1. The largest absolute Gasteiger partial charge is 0.453 e. The van der Waals surface area contributed by atoms with Crippen molar-refractivity contribution in [2.75, 3.05) is 11.9 Å². The molecule has 166 valence electrons. The molecular formula is C23H19N5O5. The highest BCUT2D eigenvalue weighted by Crippen LogP contribution is 2.30. The molecule has 10 nitrogen and oxygen atoms in total. The lowest BCUT2D eigenvalue weighted by molar-refractivity contribution is -0.0248. The Labute approximate surface area is 187 Å². The fraction of sp³-hybridized carbons (Fsp3) is 0.174. The topological polar surface area (TPSA) is 128 Å². The van der Waals surface area contributed by atoms with Crippen molar-refractivity contribution in [3.05, 3.63) is 84.4 Å². The van der Waals surface area contributed by atoms with Gasteiger partial charge in [-0.2, -0.15) is 0 Å². The van der Waals surface area contributed by atoms with Gasteiger partial charge in [0, 0.05) is 5.56 Å². The van der Waals surface area contributed by atoms with E-state index in [-0.39, 0.29) is 18.3 Å². The Hall–Kier alpha value is -4.15. The molecule has 0 spiro atoms. The number of nitrogens with zero attached hydrogens (tertiary/aromatic N) is 4. The van der Waals surface area contributed by atoms with Gasteiger partial charge in [0.05, 0.1) is 18.5 Å². The summed E-state index contributed by atoms with van der Waals surface area (Å²) in [6.07, 6.45) is -0.162. The number of fused-ring (bicyclic) bond motifs is 1. The van der Waals surface area contributed by atoms with E-state index in [0.717, 1.165) is 0 Å². The van der Waals surface area contributed by atoms with Crippen LogP contribution in [0.15, 0.2) is 73.3 Å². The summed E-state index contributed by atoms with van der Waals surface area (Å²) in [6.45, 7) is 0.00671. The Morgan fingerprint density at radius 1 is 1.00 bits per heavy atom. The lowest BCUT2D eigenvalue weighted by Crippen LogP contribution is -2.32. The molecule has 10 heteroatoms. The number of aliphatic hydroxyl groups excluding tert-OH is 1. The molecule has 1 aliphatic rings. The first kappa shape index (κ1) is 20.7. The van der Waals surface area contributed by atoms with Crippen LogP contribution in [0.3, 0.4) is 0 Å². The maximum Gasteiger partial charge on any atom is 0.338 e. The molecule has 0 unspecified atom stereocenters. The van der Waals surface area contributed by atoms with Gasteiger partial charge in [0.25, 0.3) is 5.91 Å². The summed E-state index contributed by atoms with van der Waals surface area (Å²) in [6, 6.07) is 17.2. The van der Waals surface area contributed by atoms with Crippen LogP contribution in [0.4, 0.5) is 5.82 Å². The predicted molar refractivity (Wildman–Crippen MR) is 116 cm³/mol. The van der Waals surface area contributed by atoms with Gasteiger partial charge in [-0.1, -0.05) is 36.4 Å². The lowest BCUT2D eigenvalue weighted by atomic mass is 10.2. The Bertz CT molecular complexity index is 1290. The normalized spacial score (nSPS) is 20.0. The summed E-state index contributed by atoms with van der Waals surface area (Å²) in [5.41, 5.74) is 1.55. The number of amides is 1. The van der Waals surface area contributed by atoms with Gasteiger partial charge < -0.3 is 19.9 Å². The molecular weight excluding hydrogens is 426 g/mol. The first-order valence-corrected chi connectivity index (χ1v) is 10.2. The number of benzene rings is 2. The van der Waals surface area contributed by atoms with Crippen molar-refractivity contribution >= 4 is 28.9 Å². The van der Waals surface area contributed by atoms with Gasteiger partial charge in [0.2, 0.25) is 0 Å². The molecule has 0 bridgehead atoms. The van der Waals surface area contributed by atoms with Crippen LogP contribution >= 0.6 is 0 Å². The zero-order chi connectivity index (χ0) is 22.8. The summed E-state index contributed by atoms with van der Waals surface area (Å²) in [5, 5.41) is 13.5. The van der Waals surface area contributed by atoms with Crippen LogP contribution in [0.2, 0.25) is 0 Å². The van der Waals surface area contributed by atoms with E-state index in [2.05, 4.69) is 20.3 Å². The quantitative estimate of drug-likeness (QED) is 0.448. The van der Waals surface area contributed by atoms with E-state index in [1.807, 2.05) is 6.07 Å². The third-order valence-electron chi connectivity index (χ3n) is 5.27. The van der Waals surface area contributed by atoms with Gasteiger partial charge in [-0.3, -0.25) is 9.36 Å². The molecule has 5 rings (SSSR count). The van der Waals surface area contributed by atoms with Gasteiger partial charge in [0.1, 0.15) is 12.4 Å². The SMILES string of the molecule is O=C(Nc1ncnc2c1ncn2[C@@H]1OC[C@H](OC(=O)c2ccccc2)[C@H]1O)c1ccccc1. The van der Waals surface area contributed by atoms with Crippen LogP contribution in [0, 0.1) is 0 Å². The second kappa shape index (κ2) is 8.77. The molecule has 1 aliphatic heterocycles. The van der Waals surface area contributed by atoms with E-state index in [1.54, 1.807) is 54.6 Å². The summed E-state index contributed by atoms with van der Waals surface area (Å²) in [5.74, 6) is -0.657. The fourth-order valence-electron chi connectivity index (χ4n) is 3.60. The zero-order valence-electron chi connectivity index (χ0n) is 17.2. The summed E-state index contributed by atoms with van der Waals surface area (Å²) in [4.78, 5) is 37.5. The van der Waals surface area contributed by atoms with Crippen LogP contribution in [-0.4, -0.2) is 55.3 Å². The van der Waals surface area contributed by atoms with E-state index >= 15 is 0 Å². The van der Waals surface area contributed by atoms with E-state index in [9.17, 15) is 14.7 Å². The number of hydrogen-bond donors (Lipinski definition) is 2. The highest BCUT2D eigenvalue weighted by molar-refractivity contribution is 6.06. The summed E-state index contributed by atoms with van der Waals surface area (Å²) in [7, 11) is 0. The van der Waals surface area contributed by atoms with Gasteiger partial charge in [-0.15, -0.1) is 0 Å². The Balaban J connectivity index is 1.35. The highest BCUT2D eigenvalue weighted by Gasteiger charge is 2.40. The van der Waals surface area contributed by atoms with Crippen molar-refractivity contribution in [2.24, 2.45) is 0 Å². The molecule has 2 N–H and O–H groups in total. The number of nitrogens with one attached hydrogen (secondary N) is 1. The van der Waals surface area contributed by atoms with Crippen LogP contribution in [0.5, 0.6) is 0 Å². The smallest absolute Gasteiger partial charge is 0.338 e. The number of carbonyl (C=O) groups is 2. The van der Waals surface area contributed by atoms with Crippen LogP contribution in [-0.2, 0) is 9.47 Å². The molecule has 0 saturated carbocycles. The number of hydrogen-bond acceptors (Lipinski definition) is 8. The number of rotatable bonds is 5. The van der Waals surface area contributed by atoms with Crippen LogP contribution in [0.25, 0.3) is 11.2 Å². The number of imidazole rings is 1. The van der Waals surface area contributed by atoms with Crippen molar-refractivity contribution < 1.29 is 24.2 Å². The maximum absolute atomic E-state index is 12.5. The molecule has 4 aromatic rings. The molecule has 1 saturated heterocycles. The minimum atomic E-state index is -1.15. The minimum Gasteiger partial charge on any atom is -0.453 e. The number of carbonyl (C=O) groups excluding carboxylic acids is 2. The van der Waals surface area contributed by atoms with Crippen molar-refractivity contribution in [1.82, 2.24) is 19.5 Å². The molecule has 3 atom stereocenters. The standard InChI is InChI=1S/C23H19N5O5/c29-18-16(33-23(31)15-9-5-2-6-10-15)11-32-22(18)28-13-26-17-19(24-12-25-20(17)28)27-21(30)14-7-3-1-4-8-14/h1-10,12-13,16,18,22,29H,11H2,(H,24,25,27,30)/t16-,18+,22+/m0/s1. The van der Waals surface area contributed by atoms with Crippen molar-refractivity contribution in [3.63, 3.8) is 0 Å². The van der Waals surface area contributed by atoms with Crippen LogP contribution in [0.1, 0.15) is 26.9 Å². The Morgan fingerprint density at radius 2 is 1.70 bits per heavy atom. The molecule has 0 aliphatic carbocycles. The first-order chi connectivity index (χ1) is 16.1. The second-order valence-electron chi connectivity index (χ2n) is 7.39. The van der Waals surface area contributed by atoms with Crippen LogP contribution < -0.4 is 5.32 Å². The molecule has 2 aromatic heterocycles. The van der Waals surface area contributed by atoms with Gasteiger partial charge >= 0.3 is 5.97 Å². The van der Waals surface area contributed by atoms with E-state index < -0.39 is 24.4 Å².